The second-order valence-electron chi connectivity index (χ2n) is 3.99. The second-order valence-corrected chi connectivity index (χ2v) is 4.40. The largest absolute Gasteiger partial charge is 0.381 e. The molecule has 0 aliphatic carbocycles. The molecule has 0 atom stereocenters. The molecule has 0 spiro atoms. The molecule has 0 fully saturated rings. The quantitative estimate of drug-likeness (QED) is 0.682. The smallest absolute Gasteiger partial charge is 0.288 e. The SMILES string of the molecule is O=[N+]([O-])c1ccc(NCc2cccc(F)c2F)cc1Cl. The summed E-state index contributed by atoms with van der Waals surface area (Å²) in [7, 11) is 0. The van der Waals surface area contributed by atoms with Crippen molar-refractivity contribution in [3.63, 3.8) is 0 Å². The van der Waals surface area contributed by atoms with E-state index in [2.05, 4.69) is 5.32 Å². The highest BCUT2D eigenvalue weighted by Gasteiger charge is 2.12. The molecule has 4 nitrogen and oxygen atoms in total. The molecule has 0 aromatic heterocycles. The highest BCUT2D eigenvalue weighted by Crippen LogP contribution is 2.27. The van der Waals surface area contributed by atoms with Gasteiger partial charge in [-0.15, -0.1) is 0 Å². The van der Waals surface area contributed by atoms with Gasteiger partial charge in [-0.05, 0) is 18.2 Å². The van der Waals surface area contributed by atoms with E-state index in [0.29, 0.717) is 5.69 Å². The zero-order valence-electron chi connectivity index (χ0n) is 10.1. The first-order valence-electron chi connectivity index (χ1n) is 5.59. The molecule has 104 valence electrons. The minimum atomic E-state index is -0.925. The molecule has 0 unspecified atom stereocenters. The van der Waals surface area contributed by atoms with Crippen LogP contribution in [0.15, 0.2) is 36.4 Å². The van der Waals surface area contributed by atoms with Crippen molar-refractivity contribution >= 4 is 23.0 Å². The van der Waals surface area contributed by atoms with E-state index in [9.17, 15) is 18.9 Å². The first kappa shape index (κ1) is 14.2. The first-order valence-corrected chi connectivity index (χ1v) is 5.97. The van der Waals surface area contributed by atoms with E-state index in [1.54, 1.807) is 0 Å². The van der Waals surface area contributed by atoms with Crippen LogP contribution in [-0.4, -0.2) is 4.92 Å². The number of nitro groups is 1. The fourth-order valence-corrected chi connectivity index (χ4v) is 1.90. The summed E-state index contributed by atoms with van der Waals surface area (Å²) in [6.45, 7) is 0.0394. The van der Waals surface area contributed by atoms with Crippen LogP contribution in [0.1, 0.15) is 5.56 Å². The van der Waals surface area contributed by atoms with Gasteiger partial charge < -0.3 is 5.32 Å². The summed E-state index contributed by atoms with van der Waals surface area (Å²) in [5.41, 5.74) is 0.415. The summed E-state index contributed by atoms with van der Waals surface area (Å²) in [5.74, 6) is -1.85. The number of hydrogen-bond donors (Lipinski definition) is 1. The molecule has 0 saturated carbocycles. The van der Waals surface area contributed by atoms with Gasteiger partial charge in [-0.25, -0.2) is 8.78 Å². The Balaban J connectivity index is 2.13. The lowest BCUT2D eigenvalue weighted by molar-refractivity contribution is -0.384. The van der Waals surface area contributed by atoms with Gasteiger partial charge in [0.2, 0.25) is 0 Å². The van der Waals surface area contributed by atoms with Crippen molar-refractivity contribution in [3.8, 4) is 0 Å². The van der Waals surface area contributed by atoms with Crippen LogP contribution in [0.25, 0.3) is 0 Å². The zero-order chi connectivity index (χ0) is 14.7. The van der Waals surface area contributed by atoms with Crippen molar-refractivity contribution in [2.75, 3.05) is 5.32 Å². The molecule has 0 saturated heterocycles. The maximum atomic E-state index is 13.4. The lowest BCUT2D eigenvalue weighted by Crippen LogP contribution is -2.03. The second kappa shape index (κ2) is 5.83. The van der Waals surface area contributed by atoms with Crippen molar-refractivity contribution in [2.24, 2.45) is 0 Å². The molecular formula is C13H9ClF2N2O2. The molecule has 0 heterocycles. The number of nitrogens with zero attached hydrogens (tertiary/aromatic N) is 1. The van der Waals surface area contributed by atoms with Crippen molar-refractivity contribution in [3.05, 3.63) is 68.7 Å². The van der Waals surface area contributed by atoms with Crippen LogP contribution in [0, 0.1) is 21.7 Å². The van der Waals surface area contributed by atoms with Crippen molar-refractivity contribution < 1.29 is 13.7 Å². The molecule has 1 N–H and O–H groups in total. The van der Waals surface area contributed by atoms with E-state index >= 15 is 0 Å². The van der Waals surface area contributed by atoms with E-state index in [1.165, 1.54) is 30.3 Å². The Morgan fingerprint density at radius 1 is 1.25 bits per heavy atom. The molecule has 0 aliphatic heterocycles. The number of anilines is 1. The van der Waals surface area contributed by atoms with Crippen molar-refractivity contribution in [1.29, 1.82) is 0 Å². The fourth-order valence-electron chi connectivity index (χ4n) is 1.65. The van der Waals surface area contributed by atoms with E-state index in [4.69, 9.17) is 11.6 Å². The van der Waals surface area contributed by atoms with E-state index < -0.39 is 16.6 Å². The summed E-state index contributed by atoms with van der Waals surface area (Å²) in [5, 5.41) is 13.4. The fraction of sp³-hybridized carbons (Fsp3) is 0.0769. The zero-order valence-corrected chi connectivity index (χ0v) is 10.8. The van der Waals surface area contributed by atoms with Crippen LogP contribution >= 0.6 is 11.6 Å². The maximum absolute atomic E-state index is 13.4. The molecular weight excluding hydrogens is 290 g/mol. The Morgan fingerprint density at radius 3 is 2.65 bits per heavy atom. The van der Waals surface area contributed by atoms with E-state index in [0.717, 1.165) is 6.07 Å². The molecule has 20 heavy (non-hydrogen) atoms. The highest BCUT2D eigenvalue weighted by molar-refractivity contribution is 6.32. The van der Waals surface area contributed by atoms with Crippen LogP contribution in [0.2, 0.25) is 5.02 Å². The number of nitro benzene ring substituents is 1. The lowest BCUT2D eigenvalue weighted by atomic mass is 10.2. The maximum Gasteiger partial charge on any atom is 0.288 e. The molecule has 7 heteroatoms. The summed E-state index contributed by atoms with van der Waals surface area (Å²) in [6, 6.07) is 7.92. The monoisotopic (exact) mass is 298 g/mol. The third-order valence-corrected chi connectivity index (χ3v) is 2.96. The van der Waals surface area contributed by atoms with E-state index in [1.807, 2.05) is 0 Å². The average molecular weight is 299 g/mol. The molecule has 0 radical (unpaired) electrons. The van der Waals surface area contributed by atoms with Crippen molar-refractivity contribution in [1.82, 2.24) is 0 Å². The average Bonchev–Trinajstić information content (AvgIpc) is 2.40. The van der Waals surface area contributed by atoms with Gasteiger partial charge in [-0.2, -0.15) is 0 Å². The van der Waals surface area contributed by atoms with Crippen LogP contribution in [0.4, 0.5) is 20.2 Å². The van der Waals surface area contributed by atoms with E-state index in [-0.39, 0.29) is 22.8 Å². The minimum absolute atomic E-state index is 0.0280. The molecule has 0 aliphatic rings. The first-order chi connectivity index (χ1) is 9.49. The van der Waals surface area contributed by atoms with Gasteiger partial charge in [-0.3, -0.25) is 10.1 Å². The highest BCUT2D eigenvalue weighted by atomic mass is 35.5. The van der Waals surface area contributed by atoms with Gasteiger partial charge >= 0.3 is 0 Å². The van der Waals surface area contributed by atoms with Gasteiger partial charge in [-0.1, -0.05) is 23.7 Å². The standard InChI is InChI=1S/C13H9ClF2N2O2/c14-10-6-9(4-5-12(10)18(19)20)17-7-8-2-1-3-11(15)13(8)16/h1-6,17H,7H2. The number of hydrogen-bond acceptors (Lipinski definition) is 3. The normalized spacial score (nSPS) is 10.3. The Bertz CT molecular complexity index is 665. The van der Waals surface area contributed by atoms with Gasteiger partial charge in [0.15, 0.2) is 11.6 Å². The van der Waals surface area contributed by atoms with Crippen molar-refractivity contribution in [2.45, 2.75) is 6.54 Å². The van der Waals surface area contributed by atoms with Gasteiger partial charge in [0.1, 0.15) is 5.02 Å². The molecule has 2 aromatic carbocycles. The molecule has 2 aromatic rings. The van der Waals surface area contributed by atoms with Crippen LogP contribution in [0.5, 0.6) is 0 Å². The van der Waals surface area contributed by atoms with Gasteiger partial charge in [0, 0.05) is 23.9 Å². The summed E-state index contributed by atoms with van der Waals surface area (Å²) < 4.78 is 26.4. The molecule has 0 amide bonds. The van der Waals surface area contributed by atoms with Crippen LogP contribution < -0.4 is 5.32 Å². The Morgan fingerprint density at radius 2 is 2.00 bits per heavy atom. The van der Waals surface area contributed by atoms with Gasteiger partial charge in [0.25, 0.3) is 5.69 Å². The lowest BCUT2D eigenvalue weighted by Gasteiger charge is -2.08. The number of rotatable bonds is 4. The third kappa shape index (κ3) is 3.03. The molecule has 0 bridgehead atoms. The summed E-state index contributed by atoms with van der Waals surface area (Å²) in [4.78, 5) is 10.0. The predicted molar refractivity (Wildman–Crippen MR) is 71.8 cm³/mol. The third-order valence-electron chi connectivity index (χ3n) is 2.66. The molecule has 2 rings (SSSR count). The number of benzene rings is 2. The summed E-state index contributed by atoms with van der Waals surface area (Å²) >= 11 is 5.75. The minimum Gasteiger partial charge on any atom is -0.381 e. The summed E-state index contributed by atoms with van der Waals surface area (Å²) in [6.07, 6.45) is 0. The Hall–Kier alpha value is -2.21. The van der Waals surface area contributed by atoms with Crippen LogP contribution in [-0.2, 0) is 6.54 Å². The Kier molecular flexibility index (Phi) is 4.14. The predicted octanol–water partition coefficient (Wildman–Crippen LogP) is 4.14. The van der Waals surface area contributed by atoms with Crippen LogP contribution in [0.3, 0.4) is 0 Å². The number of nitrogens with one attached hydrogen (secondary N) is 1. The van der Waals surface area contributed by atoms with Gasteiger partial charge in [0.05, 0.1) is 4.92 Å². The Labute approximate surface area is 118 Å². The number of halogens is 3. The topological polar surface area (TPSA) is 55.2 Å².